The van der Waals surface area contributed by atoms with Gasteiger partial charge in [0.05, 0.1) is 25.2 Å². The molecule has 1 aromatic carbocycles. The molecular weight excluding hydrogens is 298 g/mol. The van der Waals surface area contributed by atoms with Gasteiger partial charge in [-0.25, -0.2) is 0 Å². The normalized spacial score (nSPS) is 16.9. The molecule has 0 aromatic heterocycles. The predicted molar refractivity (Wildman–Crippen MR) is 92.1 cm³/mol. The number of rotatable bonds is 6. The molecule has 4 nitrogen and oxygen atoms in total. The highest BCUT2D eigenvalue weighted by molar-refractivity contribution is 8.01. The van der Waals surface area contributed by atoms with Gasteiger partial charge in [-0.05, 0) is 31.9 Å². The third-order valence-electron chi connectivity index (χ3n) is 3.98. The van der Waals surface area contributed by atoms with Crippen LogP contribution < -0.4 is 14.8 Å². The van der Waals surface area contributed by atoms with Crippen molar-refractivity contribution in [1.29, 1.82) is 0 Å². The molecule has 0 bridgehead atoms. The van der Waals surface area contributed by atoms with E-state index in [4.69, 9.17) is 9.47 Å². The number of benzene rings is 1. The van der Waals surface area contributed by atoms with E-state index in [9.17, 15) is 4.79 Å². The van der Waals surface area contributed by atoms with E-state index in [2.05, 4.69) is 5.32 Å². The van der Waals surface area contributed by atoms with Crippen molar-refractivity contribution >= 4 is 23.4 Å². The molecule has 1 unspecified atom stereocenters. The first-order valence-corrected chi connectivity index (χ1v) is 8.76. The number of methoxy groups -OCH3 is 2. The van der Waals surface area contributed by atoms with Crippen molar-refractivity contribution in [3.8, 4) is 11.5 Å². The molecule has 0 aliphatic heterocycles. The van der Waals surface area contributed by atoms with Gasteiger partial charge in [0.2, 0.25) is 5.91 Å². The van der Waals surface area contributed by atoms with Crippen molar-refractivity contribution in [3.63, 3.8) is 0 Å². The number of ether oxygens (including phenoxy) is 2. The maximum absolute atomic E-state index is 12.4. The Kier molecular flexibility index (Phi) is 6.43. The van der Waals surface area contributed by atoms with Crippen LogP contribution in [-0.2, 0) is 4.79 Å². The minimum absolute atomic E-state index is 0.0269. The lowest BCUT2D eigenvalue weighted by Gasteiger charge is -2.24. The Morgan fingerprint density at radius 1 is 1.23 bits per heavy atom. The van der Waals surface area contributed by atoms with Crippen LogP contribution in [-0.4, -0.2) is 30.6 Å². The van der Waals surface area contributed by atoms with Crippen LogP contribution in [0.4, 0.5) is 5.69 Å². The molecule has 1 atom stereocenters. The molecule has 1 fully saturated rings. The number of amides is 1. The number of anilines is 1. The van der Waals surface area contributed by atoms with Crippen molar-refractivity contribution < 1.29 is 14.3 Å². The molecule has 1 saturated carbocycles. The van der Waals surface area contributed by atoms with Gasteiger partial charge in [-0.2, -0.15) is 0 Å². The zero-order valence-electron chi connectivity index (χ0n) is 13.6. The second kappa shape index (κ2) is 8.32. The molecule has 1 amide bonds. The van der Waals surface area contributed by atoms with E-state index in [0.717, 1.165) is 0 Å². The van der Waals surface area contributed by atoms with Crippen molar-refractivity contribution in [3.05, 3.63) is 18.2 Å². The van der Waals surface area contributed by atoms with E-state index in [0.29, 0.717) is 22.4 Å². The summed E-state index contributed by atoms with van der Waals surface area (Å²) in [6.07, 6.45) is 6.37. The van der Waals surface area contributed by atoms with Crippen LogP contribution in [0.15, 0.2) is 18.2 Å². The molecule has 1 aliphatic carbocycles. The summed E-state index contributed by atoms with van der Waals surface area (Å²) < 4.78 is 10.5. The molecule has 0 heterocycles. The molecule has 2 rings (SSSR count). The van der Waals surface area contributed by atoms with E-state index < -0.39 is 0 Å². The van der Waals surface area contributed by atoms with Crippen LogP contribution in [0.3, 0.4) is 0 Å². The zero-order chi connectivity index (χ0) is 15.9. The Hall–Kier alpha value is -1.36. The predicted octanol–water partition coefficient (Wildman–Crippen LogP) is 4.10. The number of nitrogens with one attached hydrogen (secondary N) is 1. The second-order valence-electron chi connectivity index (χ2n) is 5.59. The molecule has 1 aliphatic rings. The summed E-state index contributed by atoms with van der Waals surface area (Å²) in [5.74, 6) is 1.35. The molecule has 0 saturated heterocycles. The van der Waals surface area contributed by atoms with Crippen molar-refractivity contribution in [2.24, 2.45) is 0 Å². The summed E-state index contributed by atoms with van der Waals surface area (Å²) in [4.78, 5) is 12.4. The van der Waals surface area contributed by atoms with Crippen LogP contribution in [0, 0.1) is 0 Å². The maximum Gasteiger partial charge on any atom is 0.237 e. The summed E-state index contributed by atoms with van der Waals surface area (Å²) in [5.41, 5.74) is 0.685. The highest BCUT2D eigenvalue weighted by Crippen LogP contribution is 2.33. The first-order valence-electron chi connectivity index (χ1n) is 7.82. The first-order chi connectivity index (χ1) is 10.6. The van der Waals surface area contributed by atoms with E-state index >= 15 is 0 Å². The van der Waals surface area contributed by atoms with E-state index in [1.54, 1.807) is 32.0 Å². The van der Waals surface area contributed by atoms with E-state index in [1.807, 2.05) is 19.1 Å². The summed E-state index contributed by atoms with van der Waals surface area (Å²) in [5, 5.41) is 3.52. The van der Waals surface area contributed by atoms with E-state index in [1.165, 1.54) is 32.1 Å². The molecule has 122 valence electrons. The van der Waals surface area contributed by atoms with Crippen molar-refractivity contribution in [2.75, 3.05) is 19.5 Å². The lowest BCUT2D eigenvalue weighted by Crippen LogP contribution is -2.25. The second-order valence-corrected chi connectivity index (χ2v) is 7.24. The molecular formula is C17H25NO3S. The number of carbonyl (C=O) groups excluding carboxylic acids is 1. The van der Waals surface area contributed by atoms with Gasteiger partial charge >= 0.3 is 0 Å². The lowest BCUT2D eigenvalue weighted by molar-refractivity contribution is -0.115. The molecule has 0 radical (unpaired) electrons. The van der Waals surface area contributed by atoms with Gasteiger partial charge < -0.3 is 14.8 Å². The van der Waals surface area contributed by atoms with Crippen LogP contribution in [0.5, 0.6) is 11.5 Å². The first kappa shape index (κ1) is 17.0. The Bertz CT molecular complexity index is 501. The number of hydrogen-bond acceptors (Lipinski definition) is 4. The van der Waals surface area contributed by atoms with Gasteiger partial charge in [0, 0.05) is 11.3 Å². The van der Waals surface area contributed by atoms with Gasteiger partial charge in [-0.1, -0.05) is 19.3 Å². The fourth-order valence-corrected chi connectivity index (χ4v) is 4.05. The third-order valence-corrected chi connectivity index (χ3v) is 5.46. The Morgan fingerprint density at radius 2 is 1.95 bits per heavy atom. The van der Waals surface area contributed by atoms with Crippen LogP contribution in [0.25, 0.3) is 0 Å². The smallest absolute Gasteiger partial charge is 0.237 e. The van der Waals surface area contributed by atoms with Gasteiger partial charge in [0.15, 0.2) is 0 Å². The van der Waals surface area contributed by atoms with Gasteiger partial charge in [-0.3, -0.25) is 4.79 Å². The average Bonchev–Trinajstić information content (AvgIpc) is 2.56. The number of carbonyl (C=O) groups is 1. The van der Waals surface area contributed by atoms with Gasteiger partial charge in [0.1, 0.15) is 11.5 Å². The minimum Gasteiger partial charge on any atom is -0.497 e. The topological polar surface area (TPSA) is 47.6 Å². The summed E-state index contributed by atoms with van der Waals surface area (Å²) in [6.45, 7) is 1.98. The van der Waals surface area contributed by atoms with E-state index in [-0.39, 0.29) is 11.2 Å². The van der Waals surface area contributed by atoms with Crippen molar-refractivity contribution in [2.45, 2.75) is 49.5 Å². The standard InChI is InChI=1S/C17H25NO3S/c1-12(22-14-7-5-4-6-8-14)17(19)18-15-10-9-13(20-2)11-16(15)21-3/h9-12,14H,4-8H2,1-3H3,(H,18,19). The maximum atomic E-state index is 12.4. The molecule has 5 heteroatoms. The quantitative estimate of drug-likeness (QED) is 0.856. The largest absolute Gasteiger partial charge is 0.497 e. The van der Waals surface area contributed by atoms with Gasteiger partial charge in [-0.15, -0.1) is 11.8 Å². The summed E-state index contributed by atoms with van der Waals surface area (Å²) >= 11 is 1.79. The molecule has 22 heavy (non-hydrogen) atoms. The lowest BCUT2D eigenvalue weighted by atomic mass is 10.0. The molecule has 1 N–H and O–H groups in total. The van der Waals surface area contributed by atoms with Crippen molar-refractivity contribution in [1.82, 2.24) is 0 Å². The Labute approximate surface area is 137 Å². The monoisotopic (exact) mass is 323 g/mol. The SMILES string of the molecule is COc1ccc(NC(=O)C(C)SC2CCCCC2)c(OC)c1. The van der Waals surface area contributed by atoms with Crippen LogP contribution in [0.2, 0.25) is 0 Å². The summed E-state index contributed by atoms with van der Waals surface area (Å²) in [7, 11) is 3.19. The Morgan fingerprint density at radius 3 is 2.59 bits per heavy atom. The molecule has 0 spiro atoms. The van der Waals surface area contributed by atoms with Crippen LogP contribution >= 0.6 is 11.8 Å². The minimum atomic E-state index is -0.0603. The summed E-state index contributed by atoms with van der Waals surface area (Å²) in [6, 6.07) is 5.40. The van der Waals surface area contributed by atoms with Gasteiger partial charge in [0.25, 0.3) is 0 Å². The number of thioether (sulfide) groups is 1. The molecule has 1 aromatic rings. The fourth-order valence-electron chi connectivity index (χ4n) is 2.69. The third kappa shape index (κ3) is 4.57. The zero-order valence-corrected chi connectivity index (χ0v) is 14.4. The van der Waals surface area contributed by atoms with Crippen LogP contribution in [0.1, 0.15) is 39.0 Å². The fraction of sp³-hybridized carbons (Fsp3) is 0.588. The number of hydrogen-bond donors (Lipinski definition) is 1. The highest BCUT2D eigenvalue weighted by atomic mass is 32.2. The highest BCUT2D eigenvalue weighted by Gasteiger charge is 2.22. The average molecular weight is 323 g/mol. The Balaban J connectivity index is 1.95.